The molecule has 8 bridgehead atoms. The van der Waals surface area contributed by atoms with Crippen LogP contribution in [0.1, 0.15) is 80.1 Å². The quantitative estimate of drug-likeness (QED) is 0.250. The third-order valence-corrected chi connectivity index (χ3v) is 8.06. The Kier molecular flexibility index (Phi) is 9.09. The van der Waals surface area contributed by atoms with E-state index in [9.17, 15) is 19.8 Å². The molecule has 2 N–H and O–H groups in total. The summed E-state index contributed by atoms with van der Waals surface area (Å²) in [5.74, 6) is -1.80. The van der Waals surface area contributed by atoms with Gasteiger partial charge in [-0.15, -0.1) is 44.2 Å². The smallest absolute Gasteiger partial charge is 0.303 e. The van der Waals surface area contributed by atoms with Gasteiger partial charge in [0, 0.05) is 29.9 Å². The summed E-state index contributed by atoms with van der Waals surface area (Å²) in [4.78, 5) is 42.7. The molecule has 5 rings (SSSR count). The molecule has 227 valence electrons. The number of aromatic nitrogens is 4. The predicted octanol–water partition coefficient (Wildman–Crippen LogP) is 1.70. The zero-order valence-electron chi connectivity index (χ0n) is 24.5. The minimum absolute atomic E-state index is 0. The van der Waals surface area contributed by atoms with Crippen LogP contribution in [0.25, 0.3) is 36.5 Å². The number of carboxylic acid groups (broad SMARTS) is 2. The van der Waals surface area contributed by atoms with E-state index in [4.69, 9.17) is 19.9 Å². The molecule has 43 heavy (non-hydrogen) atoms. The van der Waals surface area contributed by atoms with Gasteiger partial charge in [0.15, 0.2) is 0 Å². The Hall–Kier alpha value is -4.46. The molecule has 1 radical (unpaired) electrons. The van der Waals surface area contributed by atoms with Gasteiger partial charge in [-0.2, -0.15) is 0 Å². The van der Waals surface area contributed by atoms with Gasteiger partial charge in [0.2, 0.25) is 0 Å². The Morgan fingerprint density at radius 1 is 0.605 bits per heavy atom. The van der Waals surface area contributed by atoms with Crippen molar-refractivity contribution in [3.8, 4) is 0 Å². The summed E-state index contributed by atoms with van der Waals surface area (Å²) in [6.45, 7) is 15.9. The monoisotopic (exact) mass is 623 g/mol. The van der Waals surface area contributed by atoms with E-state index in [-0.39, 0.29) is 29.9 Å². The van der Waals surface area contributed by atoms with Crippen molar-refractivity contribution in [3.63, 3.8) is 0 Å². The molecule has 0 aromatic carbocycles. The molecule has 0 amide bonds. The first-order chi connectivity index (χ1) is 20.0. The molecule has 0 aliphatic carbocycles. The summed E-state index contributed by atoms with van der Waals surface area (Å²) in [7, 11) is 0. The van der Waals surface area contributed by atoms with Crippen molar-refractivity contribution in [2.24, 2.45) is 0 Å². The van der Waals surface area contributed by atoms with Gasteiger partial charge in [0.05, 0.1) is 0 Å². The van der Waals surface area contributed by atoms with Gasteiger partial charge in [-0.3, -0.25) is 9.59 Å². The molecule has 8 nitrogen and oxygen atoms in total. The van der Waals surface area contributed by atoms with Crippen LogP contribution in [-0.4, -0.2) is 22.2 Å². The fourth-order valence-electron chi connectivity index (χ4n) is 5.61. The Balaban J connectivity index is 0.00000423. The van der Waals surface area contributed by atoms with E-state index in [1.54, 1.807) is 12.2 Å². The third-order valence-electron chi connectivity index (χ3n) is 8.06. The number of hydrogen-bond donors (Lipinski definition) is 2. The van der Waals surface area contributed by atoms with E-state index >= 15 is 0 Å². The van der Waals surface area contributed by atoms with Crippen molar-refractivity contribution in [3.05, 3.63) is 102 Å². The van der Waals surface area contributed by atoms with Gasteiger partial charge >= 0.3 is 11.9 Å². The van der Waals surface area contributed by atoms with Crippen molar-refractivity contribution in [2.45, 2.75) is 53.4 Å². The maximum atomic E-state index is 11.5. The van der Waals surface area contributed by atoms with E-state index in [2.05, 4.69) is 13.2 Å². The topological polar surface area (TPSA) is 131 Å². The van der Waals surface area contributed by atoms with Crippen molar-refractivity contribution >= 4 is 48.4 Å². The zero-order valence-corrected chi connectivity index (χ0v) is 25.4. The van der Waals surface area contributed by atoms with Crippen LogP contribution in [0.15, 0.2) is 13.2 Å². The van der Waals surface area contributed by atoms with Crippen LogP contribution < -0.4 is 41.3 Å². The summed E-state index contributed by atoms with van der Waals surface area (Å²) < 4.78 is 0. The van der Waals surface area contributed by atoms with Gasteiger partial charge in [-0.05, 0) is 51.7 Å². The summed E-state index contributed by atoms with van der Waals surface area (Å²) in [5, 5.41) is 21.7. The average Bonchev–Trinajstić information content (AvgIpc) is 3.59. The molecule has 0 atom stereocenters. The second-order valence-corrected chi connectivity index (χ2v) is 10.6. The number of nitrogens with zero attached hydrogens (tertiary/aromatic N) is 4. The minimum atomic E-state index is -0.898. The minimum Gasteiger partial charge on any atom is -0.657 e. The van der Waals surface area contributed by atoms with Gasteiger partial charge in [-0.1, -0.05) is 83.0 Å². The van der Waals surface area contributed by atoms with E-state index in [0.717, 1.165) is 61.2 Å². The molecule has 0 unspecified atom stereocenters. The van der Waals surface area contributed by atoms with E-state index in [1.807, 2.05) is 52.0 Å². The summed E-state index contributed by atoms with van der Waals surface area (Å²) >= 11 is 0. The van der Waals surface area contributed by atoms with Crippen LogP contribution in [0, 0.1) is 27.7 Å². The van der Waals surface area contributed by atoms with Crippen LogP contribution in [0.2, 0.25) is 0 Å². The predicted molar refractivity (Wildman–Crippen MR) is 163 cm³/mol. The van der Waals surface area contributed by atoms with Crippen LogP contribution in [0.3, 0.4) is 0 Å². The largest absolute Gasteiger partial charge is 0.657 e. The molecule has 1 aliphatic rings. The first-order valence-electron chi connectivity index (χ1n) is 13.8. The van der Waals surface area contributed by atoms with Crippen molar-refractivity contribution in [2.75, 3.05) is 0 Å². The maximum Gasteiger partial charge on any atom is 0.303 e. The maximum absolute atomic E-state index is 11.5. The molecule has 0 spiro atoms. The van der Waals surface area contributed by atoms with Gasteiger partial charge in [-0.25, -0.2) is 0 Å². The number of aliphatic carboxylic acids is 2. The molecule has 0 saturated heterocycles. The molecule has 4 aromatic heterocycles. The van der Waals surface area contributed by atoms with E-state index < -0.39 is 11.9 Å². The zero-order chi connectivity index (χ0) is 30.3. The number of carboxylic acids is 2. The first-order valence-corrected chi connectivity index (χ1v) is 13.8. The fourth-order valence-corrected chi connectivity index (χ4v) is 5.61. The fraction of sp³-hybridized carbons (Fsp3) is 0.235. The number of hydrogen-bond acceptors (Lipinski definition) is 2. The molecule has 5 heterocycles. The molecule has 0 fully saturated rings. The second kappa shape index (κ2) is 12.4. The van der Waals surface area contributed by atoms with Gasteiger partial charge < -0.3 is 30.1 Å². The summed E-state index contributed by atoms with van der Waals surface area (Å²) in [6, 6.07) is 0. The number of fused-ring (bicyclic) bond motifs is 8. The van der Waals surface area contributed by atoms with Crippen LogP contribution >= 0.6 is 0 Å². The average molecular weight is 624 g/mol. The van der Waals surface area contributed by atoms with Crippen LogP contribution in [-0.2, 0) is 39.5 Å². The van der Waals surface area contributed by atoms with E-state index in [1.165, 1.54) is 0 Å². The standard InChI is InChI=1S/C34H32N4O4.Cu/c1-7-21-17(3)25-13-26-19(5)23(9-11-33(39)40)31(37-26)16-32-24(10-12-34(41)42)20(6)28(38-32)15-30-22(8-2)18(4)27(36-30)14-29(21)35-25;/h7-8,13-16H,1-2,9-12H2,3-6H3,(H,39,40)(H,41,42);/q-4;/b25-13?,26-13-,27-14-,28-15?,29-14?,30-15-,31-16-,32-16?;. The van der Waals surface area contributed by atoms with Gasteiger partial charge in [0.25, 0.3) is 0 Å². The normalized spacial score (nSPS) is 15.0. The Bertz CT molecular complexity index is 2030. The molecular formula is C34H32CuN4O4-4. The molecule has 0 saturated carbocycles. The van der Waals surface area contributed by atoms with Crippen molar-refractivity contribution in [1.82, 2.24) is 19.9 Å². The molecule has 1 aliphatic heterocycles. The van der Waals surface area contributed by atoms with Crippen LogP contribution in [0.4, 0.5) is 0 Å². The van der Waals surface area contributed by atoms with Crippen molar-refractivity contribution < 1.29 is 36.9 Å². The first kappa shape index (κ1) is 31.5. The molecule has 4 aromatic rings. The molecular weight excluding hydrogens is 592 g/mol. The number of carbonyl (C=O) groups is 2. The third kappa shape index (κ3) is 5.91. The van der Waals surface area contributed by atoms with Gasteiger partial charge in [0.1, 0.15) is 0 Å². The Morgan fingerprint density at radius 3 is 1.72 bits per heavy atom. The summed E-state index contributed by atoms with van der Waals surface area (Å²) in [5.41, 5.74) is 9.84. The second-order valence-electron chi connectivity index (χ2n) is 10.6. The number of rotatable bonds is 8. The van der Waals surface area contributed by atoms with Crippen molar-refractivity contribution in [1.29, 1.82) is 0 Å². The Labute approximate surface area is 259 Å². The van der Waals surface area contributed by atoms with E-state index in [0.29, 0.717) is 40.3 Å². The molecule has 9 heteroatoms. The summed E-state index contributed by atoms with van der Waals surface area (Å²) in [6.07, 6.45) is 11.7. The van der Waals surface area contributed by atoms with Crippen LogP contribution in [0.5, 0.6) is 0 Å². The Morgan fingerprint density at radius 2 is 1.09 bits per heavy atom. The SMILES string of the molecule is C=Cc1c2[n-]c(c1C)/C=c1\[n-]/c(c(CCC(=O)O)c1C)=C\c1[n-]c(c(C)c1CCC(=O)O)/C=c1\[n-]/c(c(C)c1C=C)=C\2.[Cu].